The van der Waals surface area contributed by atoms with E-state index in [1.54, 1.807) is 19.1 Å². The number of hydrogen-bond donors (Lipinski definition) is 0. The molecule has 0 radical (unpaired) electrons. The molecule has 0 saturated carbocycles. The first-order valence-corrected chi connectivity index (χ1v) is 12.1. The van der Waals surface area contributed by atoms with Crippen LogP contribution >= 0.6 is 0 Å². The molecular formula is C27H34FN3O2. The lowest BCUT2D eigenvalue weighted by Gasteiger charge is -2.44. The first-order valence-electron chi connectivity index (χ1n) is 12.1. The van der Waals surface area contributed by atoms with Gasteiger partial charge < -0.3 is 9.80 Å². The van der Waals surface area contributed by atoms with Crippen LogP contribution in [0.25, 0.3) is 0 Å². The average molecular weight is 452 g/mol. The minimum absolute atomic E-state index is 0.0602. The number of likely N-dealkylation sites (tertiary alicyclic amines) is 2. The first-order chi connectivity index (χ1) is 15.8. The van der Waals surface area contributed by atoms with Crippen LogP contribution in [0.4, 0.5) is 4.39 Å². The van der Waals surface area contributed by atoms with Gasteiger partial charge in [-0.2, -0.15) is 0 Å². The second-order valence-corrected chi connectivity index (χ2v) is 9.83. The van der Waals surface area contributed by atoms with E-state index < -0.39 is 5.41 Å². The van der Waals surface area contributed by atoms with Crippen molar-refractivity contribution in [2.45, 2.75) is 52.4 Å². The van der Waals surface area contributed by atoms with Crippen LogP contribution in [-0.4, -0.2) is 52.8 Å². The second-order valence-electron chi connectivity index (χ2n) is 9.83. The number of piperidine rings is 2. The summed E-state index contributed by atoms with van der Waals surface area (Å²) in [7, 11) is 0. The summed E-state index contributed by atoms with van der Waals surface area (Å²) in [5.74, 6) is 0.568. The molecular weight excluding hydrogens is 417 g/mol. The average Bonchev–Trinajstić information content (AvgIpc) is 2.81. The molecule has 0 atom stereocenters. The van der Waals surface area contributed by atoms with Gasteiger partial charge in [0.1, 0.15) is 5.82 Å². The Morgan fingerprint density at radius 2 is 1.67 bits per heavy atom. The number of carbonyl (C=O) groups is 2. The Kier molecular flexibility index (Phi) is 7.11. The molecule has 0 spiro atoms. The number of hydrogen-bond acceptors (Lipinski definition) is 3. The molecule has 2 aromatic rings. The first kappa shape index (κ1) is 23.4. The van der Waals surface area contributed by atoms with E-state index >= 15 is 0 Å². The van der Waals surface area contributed by atoms with Crippen molar-refractivity contribution >= 4 is 11.8 Å². The molecule has 176 valence electrons. The van der Waals surface area contributed by atoms with Gasteiger partial charge in [0.05, 0.1) is 5.41 Å². The minimum Gasteiger partial charge on any atom is -0.343 e. The number of aryl methyl sites for hydroxylation is 1. The molecule has 0 unspecified atom stereocenters. The molecule has 2 saturated heterocycles. The Bertz CT molecular complexity index is 975. The van der Waals surface area contributed by atoms with Gasteiger partial charge in [0, 0.05) is 45.0 Å². The Balaban J connectivity index is 1.44. The van der Waals surface area contributed by atoms with Crippen molar-refractivity contribution in [3.05, 3.63) is 65.2 Å². The van der Waals surface area contributed by atoms with Crippen molar-refractivity contribution in [2.24, 2.45) is 11.3 Å². The fraction of sp³-hybridized carbons (Fsp3) is 0.519. The molecule has 4 rings (SSSR count). The van der Waals surface area contributed by atoms with E-state index in [4.69, 9.17) is 0 Å². The summed E-state index contributed by atoms with van der Waals surface area (Å²) >= 11 is 0. The molecule has 33 heavy (non-hydrogen) atoms. The molecule has 2 aliphatic rings. The predicted molar refractivity (Wildman–Crippen MR) is 126 cm³/mol. The van der Waals surface area contributed by atoms with Crippen molar-refractivity contribution in [1.29, 1.82) is 0 Å². The van der Waals surface area contributed by atoms with Crippen LogP contribution in [-0.2, 0) is 22.4 Å². The van der Waals surface area contributed by atoms with Crippen molar-refractivity contribution in [3.8, 4) is 0 Å². The smallest absolute Gasteiger partial charge is 0.229 e. The second kappa shape index (κ2) is 10.0. The fourth-order valence-corrected chi connectivity index (χ4v) is 5.45. The van der Waals surface area contributed by atoms with Gasteiger partial charge in [-0.15, -0.1) is 0 Å². The van der Waals surface area contributed by atoms with Crippen LogP contribution in [0.15, 0.2) is 42.6 Å². The monoisotopic (exact) mass is 451 g/mol. The standard InChI is InChI=1S/C27H34FN3O2/c1-20-17-24(7-12-29-20)18-22-8-13-31(14-9-22)26(33)27(10-15-30(16-11-27)21(2)32)19-23-3-5-25(28)6-4-23/h3-7,12,17,22H,8-11,13-16,18-19H2,1-2H3. The highest BCUT2D eigenvalue weighted by atomic mass is 19.1. The minimum atomic E-state index is -0.529. The lowest BCUT2D eigenvalue weighted by molar-refractivity contribution is -0.149. The number of aromatic nitrogens is 1. The van der Waals surface area contributed by atoms with Crippen molar-refractivity contribution < 1.29 is 14.0 Å². The Morgan fingerprint density at radius 3 is 2.27 bits per heavy atom. The quantitative estimate of drug-likeness (QED) is 0.685. The molecule has 0 N–H and O–H groups in total. The summed E-state index contributed by atoms with van der Waals surface area (Å²) in [5, 5.41) is 0. The van der Waals surface area contributed by atoms with Crippen molar-refractivity contribution in [2.75, 3.05) is 26.2 Å². The molecule has 5 nitrogen and oxygen atoms in total. The summed E-state index contributed by atoms with van der Waals surface area (Å²) in [4.78, 5) is 33.9. The largest absolute Gasteiger partial charge is 0.343 e. The molecule has 3 heterocycles. The van der Waals surface area contributed by atoms with E-state index in [1.807, 2.05) is 22.9 Å². The summed E-state index contributed by atoms with van der Waals surface area (Å²) in [6, 6.07) is 10.7. The number of halogens is 1. The van der Waals surface area contributed by atoms with E-state index in [-0.39, 0.29) is 17.6 Å². The van der Waals surface area contributed by atoms with Gasteiger partial charge in [0.2, 0.25) is 11.8 Å². The van der Waals surface area contributed by atoms with Crippen LogP contribution in [0.2, 0.25) is 0 Å². The van der Waals surface area contributed by atoms with Crippen LogP contribution in [0.1, 0.15) is 49.4 Å². The van der Waals surface area contributed by atoms with E-state index in [0.717, 1.165) is 43.6 Å². The molecule has 2 fully saturated rings. The topological polar surface area (TPSA) is 53.5 Å². The molecule has 6 heteroatoms. The van der Waals surface area contributed by atoms with E-state index in [1.165, 1.54) is 17.7 Å². The highest BCUT2D eigenvalue weighted by molar-refractivity contribution is 5.84. The number of benzene rings is 1. The molecule has 0 aliphatic carbocycles. The van der Waals surface area contributed by atoms with Crippen LogP contribution in [0.5, 0.6) is 0 Å². The Morgan fingerprint density at radius 1 is 1.00 bits per heavy atom. The maximum atomic E-state index is 13.9. The van der Waals surface area contributed by atoms with Gasteiger partial charge in [-0.05, 0) is 86.8 Å². The van der Waals surface area contributed by atoms with Gasteiger partial charge in [0.25, 0.3) is 0 Å². The molecule has 1 aromatic carbocycles. The fourth-order valence-electron chi connectivity index (χ4n) is 5.45. The van der Waals surface area contributed by atoms with Gasteiger partial charge >= 0.3 is 0 Å². The Labute approximate surface area is 196 Å². The summed E-state index contributed by atoms with van der Waals surface area (Å²) in [6.07, 6.45) is 6.79. The summed E-state index contributed by atoms with van der Waals surface area (Å²) < 4.78 is 13.4. The van der Waals surface area contributed by atoms with Crippen LogP contribution in [0, 0.1) is 24.1 Å². The number of carbonyl (C=O) groups excluding carboxylic acids is 2. The van der Waals surface area contributed by atoms with Crippen LogP contribution in [0.3, 0.4) is 0 Å². The normalized spacial score (nSPS) is 18.9. The Hall–Kier alpha value is -2.76. The number of amides is 2. The summed E-state index contributed by atoms with van der Waals surface area (Å²) in [5.41, 5.74) is 2.80. The zero-order valence-electron chi connectivity index (χ0n) is 19.7. The zero-order chi connectivity index (χ0) is 23.4. The number of rotatable bonds is 5. The van der Waals surface area contributed by atoms with Gasteiger partial charge in [-0.25, -0.2) is 4.39 Å². The van der Waals surface area contributed by atoms with E-state index in [2.05, 4.69) is 17.1 Å². The molecule has 0 bridgehead atoms. The lowest BCUT2D eigenvalue weighted by atomic mass is 9.72. The van der Waals surface area contributed by atoms with Gasteiger partial charge in [-0.1, -0.05) is 12.1 Å². The number of nitrogens with zero attached hydrogens (tertiary/aromatic N) is 3. The number of pyridine rings is 1. The van der Waals surface area contributed by atoms with Crippen molar-refractivity contribution in [3.63, 3.8) is 0 Å². The third-order valence-electron chi connectivity index (χ3n) is 7.46. The van der Waals surface area contributed by atoms with Crippen LogP contribution < -0.4 is 0 Å². The van der Waals surface area contributed by atoms with Gasteiger partial charge in [-0.3, -0.25) is 14.6 Å². The molecule has 2 aliphatic heterocycles. The van der Waals surface area contributed by atoms with Gasteiger partial charge in [0.15, 0.2) is 0 Å². The lowest BCUT2D eigenvalue weighted by Crippen LogP contribution is -2.53. The maximum Gasteiger partial charge on any atom is 0.229 e. The third kappa shape index (κ3) is 5.60. The third-order valence-corrected chi connectivity index (χ3v) is 7.46. The molecule has 1 aromatic heterocycles. The predicted octanol–water partition coefficient (Wildman–Crippen LogP) is 4.18. The SMILES string of the molecule is CC(=O)N1CCC(Cc2ccc(F)cc2)(C(=O)N2CCC(Cc3ccnc(C)c3)CC2)CC1. The maximum absolute atomic E-state index is 13.9. The highest BCUT2D eigenvalue weighted by Gasteiger charge is 2.44. The van der Waals surface area contributed by atoms with E-state index in [0.29, 0.717) is 38.3 Å². The highest BCUT2D eigenvalue weighted by Crippen LogP contribution is 2.38. The summed E-state index contributed by atoms with van der Waals surface area (Å²) in [6.45, 7) is 6.34. The van der Waals surface area contributed by atoms with Crippen molar-refractivity contribution in [1.82, 2.24) is 14.8 Å². The van der Waals surface area contributed by atoms with E-state index in [9.17, 15) is 14.0 Å². The zero-order valence-corrected chi connectivity index (χ0v) is 19.7. The molecule has 2 amide bonds.